The highest BCUT2D eigenvalue weighted by molar-refractivity contribution is 6.21. The summed E-state index contributed by atoms with van der Waals surface area (Å²) in [4.78, 5) is 50.6. The standard InChI is InChI=1S/C25H19NO6/c1-31-19-12-10-17(11-13-19)22(27)15-32-25(30)18-8-6-16(7-9-18)14-26-23(28)20-4-2-3-5-21(20)24(26)29/h2-13H,14-15H2,1H3. The van der Waals surface area contributed by atoms with Crippen molar-refractivity contribution >= 4 is 23.6 Å². The Morgan fingerprint density at radius 2 is 1.34 bits per heavy atom. The van der Waals surface area contributed by atoms with Gasteiger partial charge in [0.25, 0.3) is 11.8 Å². The maximum atomic E-state index is 12.5. The van der Waals surface area contributed by atoms with Crippen LogP contribution in [0.2, 0.25) is 0 Å². The van der Waals surface area contributed by atoms with Crippen molar-refractivity contribution in [1.29, 1.82) is 0 Å². The molecule has 0 aliphatic carbocycles. The second kappa shape index (κ2) is 8.85. The summed E-state index contributed by atoms with van der Waals surface area (Å²) in [7, 11) is 1.53. The number of fused-ring (bicyclic) bond motifs is 1. The third-order valence-electron chi connectivity index (χ3n) is 5.15. The predicted octanol–water partition coefficient (Wildman–Crippen LogP) is 3.53. The highest BCUT2D eigenvalue weighted by Crippen LogP contribution is 2.24. The number of carbonyl (C=O) groups is 4. The quantitative estimate of drug-likeness (QED) is 0.324. The number of methoxy groups -OCH3 is 1. The number of benzene rings is 3. The summed E-state index contributed by atoms with van der Waals surface area (Å²) in [5, 5.41) is 0. The molecular formula is C25H19NO6. The van der Waals surface area contributed by atoms with Crippen LogP contribution in [-0.4, -0.2) is 42.2 Å². The molecule has 4 rings (SSSR count). The van der Waals surface area contributed by atoms with Crippen LogP contribution in [0.15, 0.2) is 72.8 Å². The lowest BCUT2D eigenvalue weighted by Gasteiger charge is -2.14. The highest BCUT2D eigenvalue weighted by Gasteiger charge is 2.34. The number of imide groups is 1. The summed E-state index contributed by atoms with van der Waals surface area (Å²) < 4.78 is 10.2. The molecule has 0 fully saturated rings. The van der Waals surface area contributed by atoms with Crippen LogP contribution in [0.1, 0.15) is 47.0 Å². The molecule has 0 N–H and O–H groups in total. The molecule has 1 heterocycles. The van der Waals surface area contributed by atoms with Crippen molar-refractivity contribution in [3.8, 4) is 5.75 Å². The third kappa shape index (κ3) is 4.13. The van der Waals surface area contributed by atoms with Crippen molar-refractivity contribution in [3.63, 3.8) is 0 Å². The largest absolute Gasteiger partial charge is 0.497 e. The first-order chi connectivity index (χ1) is 15.5. The number of Topliss-reactive ketones (excluding diaryl/α,β-unsaturated/α-hetero) is 1. The maximum absolute atomic E-state index is 12.5. The predicted molar refractivity (Wildman–Crippen MR) is 115 cm³/mol. The molecule has 0 spiro atoms. The monoisotopic (exact) mass is 429 g/mol. The van der Waals surface area contributed by atoms with E-state index in [4.69, 9.17) is 9.47 Å². The number of hydrogen-bond donors (Lipinski definition) is 0. The Hall–Kier alpha value is -4.26. The van der Waals surface area contributed by atoms with E-state index in [0.717, 1.165) is 0 Å². The summed E-state index contributed by atoms with van der Waals surface area (Å²) in [5.74, 6) is -1.03. The number of nitrogens with zero attached hydrogens (tertiary/aromatic N) is 1. The molecule has 0 radical (unpaired) electrons. The molecule has 7 nitrogen and oxygen atoms in total. The first-order valence-corrected chi connectivity index (χ1v) is 9.86. The van der Waals surface area contributed by atoms with Gasteiger partial charge < -0.3 is 9.47 Å². The number of hydrogen-bond acceptors (Lipinski definition) is 6. The van der Waals surface area contributed by atoms with Crippen LogP contribution < -0.4 is 4.74 Å². The van der Waals surface area contributed by atoms with Gasteiger partial charge in [-0.2, -0.15) is 0 Å². The molecular weight excluding hydrogens is 410 g/mol. The molecule has 7 heteroatoms. The smallest absolute Gasteiger partial charge is 0.338 e. The van der Waals surface area contributed by atoms with Gasteiger partial charge in [-0.25, -0.2) is 4.79 Å². The van der Waals surface area contributed by atoms with Crippen molar-refractivity contribution in [2.24, 2.45) is 0 Å². The SMILES string of the molecule is COc1ccc(C(=O)COC(=O)c2ccc(CN3C(=O)c4ccccc4C3=O)cc2)cc1. The minimum atomic E-state index is -0.640. The van der Waals surface area contributed by atoms with E-state index < -0.39 is 5.97 Å². The summed E-state index contributed by atoms with van der Waals surface area (Å²) in [6.07, 6.45) is 0. The molecule has 0 bridgehead atoms. The molecule has 0 saturated carbocycles. The second-order valence-corrected chi connectivity index (χ2v) is 7.17. The number of carbonyl (C=O) groups excluding carboxylic acids is 4. The summed E-state index contributed by atoms with van der Waals surface area (Å²) in [5.41, 5.74) is 2.14. The maximum Gasteiger partial charge on any atom is 0.338 e. The number of amides is 2. The average Bonchev–Trinajstić information content (AvgIpc) is 3.08. The van der Waals surface area contributed by atoms with Gasteiger partial charge in [0.1, 0.15) is 5.75 Å². The first kappa shape index (κ1) is 21.0. The summed E-state index contributed by atoms with van der Waals surface area (Å²) in [6.45, 7) is -0.292. The summed E-state index contributed by atoms with van der Waals surface area (Å²) in [6, 6.07) is 19.6. The lowest BCUT2D eigenvalue weighted by Crippen LogP contribution is -2.29. The fraction of sp³-hybridized carbons (Fsp3) is 0.120. The van der Waals surface area contributed by atoms with Gasteiger partial charge in [0, 0.05) is 5.56 Å². The number of esters is 1. The first-order valence-electron chi connectivity index (χ1n) is 9.86. The van der Waals surface area contributed by atoms with Crippen LogP contribution in [-0.2, 0) is 11.3 Å². The Bertz CT molecular complexity index is 1160. The Kier molecular flexibility index (Phi) is 5.81. The van der Waals surface area contributed by atoms with Gasteiger partial charge in [-0.15, -0.1) is 0 Å². The third-order valence-corrected chi connectivity index (χ3v) is 5.15. The number of rotatable bonds is 7. The molecule has 1 aliphatic rings. The van der Waals surface area contributed by atoms with Crippen molar-refractivity contribution in [3.05, 3.63) is 101 Å². The van der Waals surface area contributed by atoms with E-state index in [1.807, 2.05) is 0 Å². The molecule has 0 saturated heterocycles. The topological polar surface area (TPSA) is 90.0 Å². The lowest BCUT2D eigenvalue weighted by molar-refractivity contribution is 0.0474. The molecule has 0 aromatic heterocycles. The van der Waals surface area contributed by atoms with E-state index in [1.54, 1.807) is 60.7 Å². The van der Waals surface area contributed by atoms with Gasteiger partial charge in [-0.05, 0) is 54.1 Å². The van der Waals surface area contributed by atoms with E-state index in [0.29, 0.717) is 28.0 Å². The van der Waals surface area contributed by atoms with Crippen molar-refractivity contribution in [2.45, 2.75) is 6.54 Å². The van der Waals surface area contributed by atoms with Gasteiger partial charge in [0.15, 0.2) is 12.4 Å². The highest BCUT2D eigenvalue weighted by atomic mass is 16.5. The fourth-order valence-electron chi connectivity index (χ4n) is 3.39. The van der Waals surface area contributed by atoms with E-state index in [1.165, 1.54) is 24.1 Å². The van der Waals surface area contributed by atoms with Gasteiger partial charge in [-0.1, -0.05) is 24.3 Å². The van der Waals surface area contributed by atoms with Gasteiger partial charge in [0.2, 0.25) is 0 Å². The Morgan fingerprint density at radius 3 is 1.91 bits per heavy atom. The van der Waals surface area contributed by atoms with Gasteiger partial charge in [0.05, 0.1) is 30.3 Å². The van der Waals surface area contributed by atoms with Crippen molar-refractivity contribution in [2.75, 3.05) is 13.7 Å². The van der Waals surface area contributed by atoms with E-state index in [9.17, 15) is 19.2 Å². The van der Waals surface area contributed by atoms with Gasteiger partial charge >= 0.3 is 5.97 Å². The molecule has 3 aromatic rings. The van der Waals surface area contributed by atoms with Gasteiger partial charge in [-0.3, -0.25) is 19.3 Å². The number of ether oxygens (including phenoxy) is 2. The van der Waals surface area contributed by atoms with E-state index in [2.05, 4.69) is 0 Å². The van der Waals surface area contributed by atoms with Crippen LogP contribution >= 0.6 is 0 Å². The van der Waals surface area contributed by atoms with Crippen LogP contribution in [0.4, 0.5) is 0 Å². The average molecular weight is 429 g/mol. The normalized spacial score (nSPS) is 12.5. The molecule has 2 amide bonds. The fourth-order valence-corrected chi connectivity index (χ4v) is 3.39. The summed E-state index contributed by atoms with van der Waals surface area (Å²) >= 11 is 0. The second-order valence-electron chi connectivity index (χ2n) is 7.17. The lowest BCUT2D eigenvalue weighted by atomic mass is 10.1. The van der Waals surface area contributed by atoms with E-state index in [-0.39, 0.29) is 36.3 Å². The molecule has 0 atom stereocenters. The molecule has 3 aromatic carbocycles. The minimum absolute atomic E-state index is 0.0949. The van der Waals surface area contributed by atoms with Crippen LogP contribution in [0.3, 0.4) is 0 Å². The van der Waals surface area contributed by atoms with Crippen LogP contribution in [0, 0.1) is 0 Å². The zero-order valence-corrected chi connectivity index (χ0v) is 17.2. The Labute approximate surface area is 184 Å². The van der Waals surface area contributed by atoms with E-state index >= 15 is 0 Å². The van der Waals surface area contributed by atoms with Crippen molar-refractivity contribution in [1.82, 2.24) is 4.90 Å². The number of ketones is 1. The Balaban J connectivity index is 1.35. The van der Waals surface area contributed by atoms with Crippen LogP contribution in [0.25, 0.3) is 0 Å². The molecule has 0 unspecified atom stereocenters. The zero-order valence-electron chi connectivity index (χ0n) is 17.2. The van der Waals surface area contributed by atoms with Crippen molar-refractivity contribution < 1.29 is 28.7 Å². The molecule has 1 aliphatic heterocycles. The van der Waals surface area contributed by atoms with Crippen LogP contribution in [0.5, 0.6) is 5.75 Å². The Morgan fingerprint density at radius 1 is 0.781 bits per heavy atom. The zero-order chi connectivity index (χ0) is 22.7. The molecule has 160 valence electrons. The minimum Gasteiger partial charge on any atom is -0.497 e. The molecule has 32 heavy (non-hydrogen) atoms.